The fourth-order valence-electron chi connectivity index (χ4n) is 0.931. The van der Waals surface area contributed by atoms with Crippen molar-refractivity contribution in [2.75, 3.05) is 13.6 Å². The van der Waals surface area contributed by atoms with Crippen molar-refractivity contribution in [2.45, 2.75) is 40.5 Å². The van der Waals surface area contributed by atoms with Gasteiger partial charge in [-0.3, -0.25) is 0 Å². The van der Waals surface area contributed by atoms with E-state index in [-0.39, 0.29) is 0 Å². The summed E-state index contributed by atoms with van der Waals surface area (Å²) in [5.41, 5.74) is 1.67. The number of hydrogen-bond donors (Lipinski definition) is 0. The van der Waals surface area contributed by atoms with Gasteiger partial charge in [0.2, 0.25) is 0 Å². The van der Waals surface area contributed by atoms with Gasteiger partial charge in [0.25, 0.3) is 0 Å². The van der Waals surface area contributed by atoms with Crippen LogP contribution in [-0.4, -0.2) is 18.5 Å². The van der Waals surface area contributed by atoms with E-state index in [1.54, 1.807) is 0 Å². The van der Waals surface area contributed by atoms with Crippen molar-refractivity contribution >= 4 is 0 Å². The zero-order valence-electron chi connectivity index (χ0n) is 9.28. The molecule has 0 aliphatic rings. The van der Waals surface area contributed by atoms with Crippen LogP contribution in [0.15, 0.2) is 12.3 Å². The summed E-state index contributed by atoms with van der Waals surface area (Å²) in [6.07, 6.45) is 2.28. The Hall–Kier alpha value is -0.460. The molecule has 0 aliphatic heterocycles. The second kappa shape index (κ2) is 4.54. The van der Waals surface area contributed by atoms with Gasteiger partial charge in [-0.1, -0.05) is 34.3 Å². The maximum Gasteiger partial charge on any atom is 0.0176 e. The highest BCUT2D eigenvalue weighted by Gasteiger charge is 2.11. The molecular formula is C11H23N. The average molecular weight is 169 g/mol. The lowest BCUT2D eigenvalue weighted by molar-refractivity contribution is 0.299. The molecule has 0 aromatic carbocycles. The van der Waals surface area contributed by atoms with Crippen LogP contribution in [-0.2, 0) is 0 Å². The lowest BCUT2D eigenvalue weighted by Crippen LogP contribution is -2.22. The lowest BCUT2D eigenvalue weighted by Gasteiger charge is -2.25. The van der Waals surface area contributed by atoms with Gasteiger partial charge < -0.3 is 4.90 Å². The van der Waals surface area contributed by atoms with Crippen LogP contribution in [0, 0.1) is 5.41 Å². The van der Waals surface area contributed by atoms with Crippen molar-refractivity contribution < 1.29 is 0 Å². The Labute approximate surface area is 77.5 Å². The molecule has 12 heavy (non-hydrogen) atoms. The van der Waals surface area contributed by atoms with Gasteiger partial charge >= 0.3 is 0 Å². The molecule has 0 rings (SSSR count). The van der Waals surface area contributed by atoms with Gasteiger partial charge in [0.05, 0.1) is 0 Å². The molecule has 1 nitrogen and oxygen atoms in total. The fourth-order valence-corrected chi connectivity index (χ4v) is 0.931. The normalized spacial score (nSPS) is 11.4. The molecule has 0 fully saturated rings. The predicted molar refractivity (Wildman–Crippen MR) is 56.1 cm³/mol. The Balaban J connectivity index is 3.72. The Bertz CT molecular complexity index is 142. The summed E-state index contributed by atoms with van der Waals surface area (Å²) in [5.74, 6) is 0. The minimum Gasteiger partial charge on any atom is -0.378 e. The summed E-state index contributed by atoms with van der Waals surface area (Å²) in [6.45, 7) is 14.1. The summed E-state index contributed by atoms with van der Waals surface area (Å²) in [7, 11) is 2.12. The monoisotopic (exact) mass is 169 g/mol. The summed E-state index contributed by atoms with van der Waals surface area (Å²) in [6, 6.07) is 0. The second-order valence-corrected chi connectivity index (χ2v) is 4.65. The molecule has 0 spiro atoms. The van der Waals surface area contributed by atoms with Crippen LogP contribution >= 0.6 is 0 Å². The van der Waals surface area contributed by atoms with Gasteiger partial charge in [-0.25, -0.2) is 0 Å². The van der Waals surface area contributed by atoms with Crippen LogP contribution in [0.25, 0.3) is 0 Å². The molecule has 0 bridgehead atoms. The molecule has 0 saturated carbocycles. The van der Waals surface area contributed by atoms with Gasteiger partial charge in [0, 0.05) is 19.3 Å². The topological polar surface area (TPSA) is 3.24 Å². The molecule has 72 valence electrons. The van der Waals surface area contributed by atoms with E-state index >= 15 is 0 Å². The molecule has 0 heterocycles. The summed E-state index contributed by atoms with van der Waals surface area (Å²) in [5, 5.41) is 0. The minimum atomic E-state index is 0.433. The zero-order valence-corrected chi connectivity index (χ0v) is 9.28. The highest BCUT2D eigenvalue weighted by molar-refractivity contribution is 4.90. The fraction of sp³-hybridized carbons (Fsp3) is 0.818. The van der Waals surface area contributed by atoms with E-state index in [0.29, 0.717) is 5.41 Å². The van der Waals surface area contributed by atoms with E-state index in [4.69, 9.17) is 0 Å². The summed E-state index contributed by atoms with van der Waals surface area (Å²) >= 11 is 0. The van der Waals surface area contributed by atoms with E-state index in [9.17, 15) is 0 Å². The first-order valence-electron chi connectivity index (χ1n) is 4.75. The standard InChI is InChI=1S/C11H23N/c1-7-10(2)12(6)9-8-11(3,4)5/h2,7-9H2,1,3-6H3. The Morgan fingerprint density at radius 3 is 2.17 bits per heavy atom. The van der Waals surface area contributed by atoms with Crippen molar-refractivity contribution in [3.8, 4) is 0 Å². The number of allylic oxidation sites excluding steroid dienone is 1. The SMILES string of the molecule is C=C(CC)N(C)CCC(C)(C)C. The van der Waals surface area contributed by atoms with Gasteiger partial charge in [-0.2, -0.15) is 0 Å². The van der Waals surface area contributed by atoms with Crippen molar-refractivity contribution in [3.63, 3.8) is 0 Å². The lowest BCUT2D eigenvalue weighted by atomic mass is 9.92. The number of rotatable bonds is 4. The number of nitrogens with zero attached hydrogens (tertiary/aromatic N) is 1. The molecule has 0 unspecified atom stereocenters. The highest BCUT2D eigenvalue weighted by atomic mass is 15.1. The van der Waals surface area contributed by atoms with Crippen LogP contribution < -0.4 is 0 Å². The average Bonchev–Trinajstić information content (AvgIpc) is 1.97. The first-order valence-corrected chi connectivity index (χ1v) is 4.75. The summed E-state index contributed by atoms with van der Waals surface area (Å²) in [4.78, 5) is 2.26. The van der Waals surface area contributed by atoms with Crippen molar-refractivity contribution in [3.05, 3.63) is 12.3 Å². The Morgan fingerprint density at radius 1 is 1.33 bits per heavy atom. The smallest absolute Gasteiger partial charge is 0.0176 e. The van der Waals surface area contributed by atoms with E-state index in [0.717, 1.165) is 13.0 Å². The molecule has 0 amide bonds. The number of hydrogen-bond acceptors (Lipinski definition) is 1. The van der Waals surface area contributed by atoms with Crippen molar-refractivity contribution in [2.24, 2.45) is 5.41 Å². The van der Waals surface area contributed by atoms with Crippen LogP contribution in [0.5, 0.6) is 0 Å². The van der Waals surface area contributed by atoms with Gasteiger partial charge in [0.1, 0.15) is 0 Å². The van der Waals surface area contributed by atoms with Crippen LogP contribution in [0.1, 0.15) is 40.5 Å². The largest absolute Gasteiger partial charge is 0.378 e. The van der Waals surface area contributed by atoms with E-state index in [1.807, 2.05) is 0 Å². The molecule has 0 N–H and O–H groups in total. The van der Waals surface area contributed by atoms with Crippen molar-refractivity contribution in [1.82, 2.24) is 4.90 Å². The molecule has 0 radical (unpaired) electrons. The Morgan fingerprint density at radius 2 is 1.83 bits per heavy atom. The zero-order chi connectivity index (χ0) is 9.78. The van der Waals surface area contributed by atoms with Gasteiger partial charge in [-0.15, -0.1) is 0 Å². The van der Waals surface area contributed by atoms with Crippen LogP contribution in [0.2, 0.25) is 0 Å². The molecule has 0 aliphatic carbocycles. The molecule has 0 aromatic heterocycles. The molecule has 1 heteroatoms. The third-order valence-corrected chi connectivity index (χ3v) is 2.15. The maximum absolute atomic E-state index is 4.00. The van der Waals surface area contributed by atoms with E-state index < -0.39 is 0 Å². The maximum atomic E-state index is 4.00. The Kier molecular flexibility index (Phi) is 4.36. The van der Waals surface area contributed by atoms with E-state index in [2.05, 4.69) is 46.2 Å². The molecule has 0 saturated heterocycles. The third-order valence-electron chi connectivity index (χ3n) is 2.15. The third kappa shape index (κ3) is 5.22. The molecule has 0 aromatic rings. The van der Waals surface area contributed by atoms with Gasteiger partial charge in [-0.05, 0) is 18.3 Å². The molecular weight excluding hydrogens is 146 g/mol. The van der Waals surface area contributed by atoms with Crippen LogP contribution in [0.3, 0.4) is 0 Å². The highest BCUT2D eigenvalue weighted by Crippen LogP contribution is 2.19. The predicted octanol–water partition coefficient (Wildman–Crippen LogP) is 3.28. The first kappa shape index (κ1) is 11.5. The van der Waals surface area contributed by atoms with Crippen molar-refractivity contribution in [1.29, 1.82) is 0 Å². The van der Waals surface area contributed by atoms with Gasteiger partial charge in [0.15, 0.2) is 0 Å². The quantitative estimate of drug-likeness (QED) is 0.624. The summed E-state index contributed by atoms with van der Waals surface area (Å²) < 4.78 is 0. The first-order chi connectivity index (χ1) is 5.37. The van der Waals surface area contributed by atoms with E-state index in [1.165, 1.54) is 12.1 Å². The second-order valence-electron chi connectivity index (χ2n) is 4.65. The van der Waals surface area contributed by atoms with Crippen LogP contribution in [0.4, 0.5) is 0 Å². The minimum absolute atomic E-state index is 0.433. The molecule has 0 atom stereocenters.